The van der Waals surface area contributed by atoms with Crippen LogP contribution in [0.15, 0.2) is 71.3 Å². The first-order chi connectivity index (χ1) is 12.8. The topological polar surface area (TPSA) is 51.0 Å². The lowest BCUT2D eigenvalue weighted by Crippen LogP contribution is -2.00. The summed E-state index contributed by atoms with van der Waals surface area (Å²) in [4.78, 5) is 9.03. The standard InChI is InChI=1S/C22H19N3O/c1-16-8-11-19(26-16)15-24-22-13-12-20-17(5-4-7-21(20)25-22)9-10-18-6-2-3-14-23-18/h2-14H,15H2,1H3,(H,24,25)/b10-9+. The molecule has 0 radical (unpaired) electrons. The molecule has 0 fully saturated rings. The molecule has 3 aromatic heterocycles. The number of nitrogens with one attached hydrogen (secondary N) is 1. The summed E-state index contributed by atoms with van der Waals surface area (Å²) in [7, 11) is 0. The number of nitrogens with zero attached hydrogens (tertiary/aromatic N) is 2. The van der Waals surface area contributed by atoms with E-state index in [1.54, 1.807) is 6.20 Å². The van der Waals surface area contributed by atoms with E-state index in [0.717, 1.165) is 39.5 Å². The molecule has 4 aromatic rings. The second-order valence-electron chi connectivity index (χ2n) is 6.06. The maximum absolute atomic E-state index is 5.58. The van der Waals surface area contributed by atoms with Crippen LogP contribution in [0, 0.1) is 6.92 Å². The molecule has 3 heterocycles. The van der Waals surface area contributed by atoms with Crippen molar-refractivity contribution in [2.24, 2.45) is 0 Å². The minimum atomic E-state index is 0.617. The van der Waals surface area contributed by atoms with Gasteiger partial charge in [0.25, 0.3) is 0 Å². The molecular formula is C22H19N3O. The van der Waals surface area contributed by atoms with Crippen molar-refractivity contribution in [3.8, 4) is 0 Å². The second-order valence-corrected chi connectivity index (χ2v) is 6.06. The lowest BCUT2D eigenvalue weighted by atomic mass is 10.1. The summed E-state index contributed by atoms with van der Waals surface area (Å²) in [6, 6.07) is 20.0. The van der Waals surface area contributed by atoms with Crippen molar-refractivity contribution in [2.45, 2.75) is 13.5 Å². The van der Waals surface area contributed by atoms with Gasteiger partial charge in [-0.15, -0.1) is 0 Å². The molecule has 0 aliphatic heterocycles. The van der Waals surface area contributed by atoms with Crippen LogP contribution in [-0.2, 0) is 6.54 Å². The molecule has 0 bridgehead atoms. The van der Waals surface area contributed by atoms with Crippen molar-refractivity contribution in [1.29, 1.82) is 0 Å². The Bertz CT molecular complexity index is 1050. The molecule has 128 valence electrons. The van der Waals surface area contributed by atoms with Crippen molar-refractivity contribution in [1.82, 2.24) is 9.97 Å². The van der Waals surface area contributed by atoms with Crippen LogP contribution < -0.4 is 5.32 Å². The molecule has 4 heteroatoms. The van der Waals surface area contributed by atoms with Crippen LogP contribution in [0.2, 0.25) is 0 Å². The minimum absolute atomic E-state index is 0.617. The van der Waals surface area contributed by atoms with Crippen molar-refractivity contribution in [3.05, 3.63) is 89.6 Å². The smallest absolute Gasteiger partial charge is 0.127 e. The molecule has 1 aromatic carbocycles. The molecule has 0 saturated carbocycles. The maximum Gasteiger partial charge on any atom is 0.127 e. The molecule has 4 nitrogen and oxygen atoms in total. The van der Waals surface area contributed by atoms with Gasteiger partial charge in [0.15, 0.2) is 0 Å². The number of aromatic nitrogens is 2. The molecule has 0 aliphatic carbocycles. The summed E-state index contributed by atoms with van der Waals surface area (Å²) in [5, 5.41) is 4.42. The van der Waals surface area contributed by atoms with E-state index in [0.29, 0.717) is 6.54 Å². The zero-order chi connectivity index (χ0) is 17.8. The van der Waals surface area contributed by atoms with Crippen molar-refractivity contribution in [2.75, 3.05) is 5.32 Å². The van der Waals surface area contributed by atoms with E-state index in [1.165, 1.54) is 0 Å². The summed E-state index contributed by atoms with van der Waals surface area (Å²) in [5.41, 5.74) is 3.01. The third-order valence-corrected chi connectivity index (χ3v) is 4.13. The number of fused-ring (bicyclic) bond motifs is 1. The van der Waals surface area contributed by atoms with Gasteiger partial charge >= 0.3 is 0 Å². The highest BCUT2D eigenvalue weighted by molar-refractivity contribution is 5.91. The Kier molecular flexibility index (Phi) is 4.48. The number of rotatable bonds is 5. The van der Waals surface area contributed by atoms with Gasteiger partial charge in [-0.25, -0.2) is 4.98 Å². The molecule has 4 rings (SSSR count). The van der Waals surface area contributed by atoms with Gasteiger partial charge in [-0.05, 0) is 61.0 Å². The van der Waals surface area contributed by atoms with Gasteiger partial charge in [0.1, 0.15) is 17.3 Å². The average Bonchev–Trinajstić information content (AvgIpc) is 3.10. The molecule has 0 saturated heterocycles. The van der Waals surface area contributed by atoms with Crippen LogP contribution >= 0.6 is 0 Å². The number of pyridine rings is 2. The Morgan fingerprint density at radius 3 is 2.73 bits per heavy atom. The third-order valence-electron chi connectivity index (χ3n) is 4.13. The molecule has 0 spiro atoms. The van der Waals surface area contributed by atoms with E-state index < -0.39 is 0 Å². The molecular weight excluding hydrogens is 322 g/mol. The van der Waals surface area contributed by atoms with Gasteiger partial charge in [0.05, 0.1) is 17.8 Å². The van der Waals surface area contributed by atoms with E-state index in [2.05, 4.69) is 28.5 Å². The first-order valence-electron chi connectivity index (χ1n) is 8.56. The van der Waals surface area contributed by atoms with Gasteiger partial charge in [0, 0.05) is 11.6 Å². The first kappa shape index (κ1) is 16.1. The number of furan rings is 1. The molecule has 0 amide bonds. The van der Waals surface area contributed by atoms with Crippen LogP contribution in [0.1, 0.15) is 22.8 Å². The average molecular weight is 341 g/mol. The minimum Gasteiger partial charge on any atom is -0.465 e. The predicted molar refractivity (Wildman–Crippen MR) is 106 cm³/mol. The largest absolute Gasteiger partial charge is 0.465 e. The quantitative estimate of drug-likeness (QED) is 0.534. The number of benzene rings is 1. The monoisotopic (exact) mass is 341 g/mol. The summed E-state index contributed by atoms with van der Waals surface area (Å²) >= 11 is 0. The van der Waals surface area contributed by atoms with E-state index in [9.17, 15) is 0 Å². The van der Waals surface area contributed by atoms with Crippen molar-refractivity contribution >= 4 is 28.9 Å². The van der Waals surface area contributed by atoms with Crippen LogP contribution in [0.4, 0.5) is 5.82 Å². The normalized spacial score (nSPS) is 11.3. The molecule has 1 N–H and O–H groups in total. The van der Waals surface area contributed by atoms with Crippen LogP contribution in [0.3, 0.4) is 0 Å². The third kappa shape index (κ3) is 3.64. The van der Waals surface area contributed by atoms with Gasteiger partial charge in [-0.2, -0.15) is 0 Å². The van der Waals surface area contributed by atoms with Crippen LogP contribution in [0.25, 0.3) is 23.1 Å². The maximum atomic E-state index is 5.58. The summed E-state index contributed by atoms with van der Waals surface area (Å²) in [6.45, 7) is 2.56. The molecule has 0 unspecified atom stereocenters. The molecule has 0 atom stereocenters. The van der Waals surface area contributed by atoms with Gasteiger partial charge < -0.3 is 9.73 Å². The lowest BCUT2D eigenvalue weighted by molar-refractivity contribution is 0.490. The highest BCUT2D eigenvalue weighted by Crippen LogP contribution is 2.22. The Morgan fingerprint density at radius 1 is 0.962 bits per heavy atom. The zero-order valence-corrected chi connectivity index (χ0v) is 14.5. The Balaban J connectivity index is 1.56. The first-order valence-corrected chi connectivity index (χ1v) is 8.56. The molecule has 0 aliphatic rings. The fourth-order valence-electron chi connectivity index (χ4n) is 2.83. The fraction of sp³-hybridized carbons (Fsp3) is 0.0909. The van der Waals surface area contributed by atoms with Gasteiger partial charge in [-0.3, -0.25) is 4.98 Å². The summed E-state index contributed by atoms with van der Waals surface area (Å²) in [5.74, 6) is 2.64. The summed E-state index contributed by atoms with van der Waals surface area (Å²) < 4.78 is 5.58. The van der Waals surface area contributed by atoms with Crippen LogP contribution in [-0.4, -0.2) is 9.97 Å². The summed E-state index contributed by atoms with van der Waals surface area (Å²) in [6.07, 6.45) is 5.88. The Morgan fingerprint density at radius 2 is 1.92 bits per heavy atom. The number of aryl methyl sites for hydroxylation is 1. The van der Waals surface area contributed by atoms with Crippen LogP contribution in [0.5, 0.6) is 0 Å². The lowest BCUT2D eigenvalue weighted by Gasteiger charge is -2.07. The van der Waals surface area contributed by atoms with Gasteiger partial charge in [0.2, 0.25) is 0 Å². The SMILES string of the molecule is Cc1ccc(CNc2ccc3c(/C=C/c4ccccn4)cccc3n2)o1. The van der Waals surface area contributed by atoms with E-state index in [1.807, 2.05) is 61.5 Å². The van der Waals surface area contributed by atoms with Gasteiger partial charge in [-0.1, -0.05) is 24.3 Å². The Hall–Kier alpha value is -3.40. The highest BCUT2D eigenvalue weighted by atomic mass is 16.3. The van der Waals surface area contributed by atoms with E-state index >= 15 is 0 Å². The van der Waals surface area contributed by atoms with Crippen molar-refractivity contribution in [3.63, 3.8) is 0 Å². The fourth-order valence-corrected chi connectivity index (χ4v) is 2.83. The number of hydrogen-bond acceptors (Lipinski definition) is 4. The Labute approximate surface area is 152 Å². The second kappa shape index (κ2) is 7.23. The van der Waals surface area contributed by atoms with E-state index in [4.69, 9.17) is 9.40 Å². The predicted octanol–water partition coefficient (Wildman–Crippen LogP) is 5.31. The number of anilines is 1. The van der Waals surface area contributed by atoms with Crippen molar-refractivity contribution < 1.29 is 4.42 Å². The molecule has 26 heavy (non-hydrogen) atoms. The van der Waals surface area contributed by atoms with E-state index in [-0.39, 0.29) is 0 Å². The highest BCUT2D eigenvalue weighted by Gasteiger charge is 2.03. The zero-order valence-electron chi connectivity index (χ0n) is 14.5. The number of hydrogen-bond donors (Lipinski definition) is 1.